The Hall–Kier alpha value is -1.02. The molecule has 1 aliphatic heterocycles. The first-order chi connectivity index (χ1) is 9.43. The molecular formula is C18H30N2. The maximum absolute atomic E-state index is 3.49. The summed E-state index contributed by atoms with van der Waals surface area (Å²) >= 11 is 0. The Labute approximate surface area is 124 Å². The summed E-state index contributed by atoms with van der Waals surface area (Å²) in [5.74, 6) is 0. The summed E-state index contributed by atoms with van der Waals surface area (Å²) in [5.41, 5.74) is 3.28. The van der Waals surface area contributed by atoms with Crippen LogP contribution in [0, 0.1) is 5.41 Å². The molecule has 1 aliphatic rings. The molecule has 0 bridgehead atoms. The lowest BCUT2D eigenvalue weighted by molar-refractivity contribution is 0.267. The van der Waals surface area contributed by atoms with Gasteiger partial charge in [-0.25, -0.2) is 0 Å². The van der Waals surface area contributed by atoms with Gasteiger partial charge >= 0.3 is 0 Å². The van der Waals surface area contributed by atoms with E-state index in [1.165, 1.54) is 30.5 Å². The highest BCUT2D eigenvalue weighted by atomic mass is 15.2. The smallest absolute Gasteiger partial charge is 0.0401 e. The molecule has 0 aromatic heterocycles. The molecule has 0 amide bonds. The van der Waals surface area contributed by atoms with Crippen molar-refractivity contribution < 1.29 is 0 Å². The molecule has 2 nitrogen and oxygen atoms in total. The number of benzene rings is 1. The van der Waals surface area contributed by atoms with Gasteiger partial charge in [0.05, 0.1) is 0 Å². The molecule has 1 N–H and O–H groups in total. The lowest BCUT2D eigenvalue weighted by Crippen LogP contribution is -2.44. The van der Waals surface area contributed by atoms with E-state index >= 15 is 0 Å². The van der Waals surface area contributed by atoms with Crippen molar-refractivity contribution in [3.8, 4) is 0 Å². The summed E-state index contributed by atoms with van der Waals surface area (Å²) in [6, 6.07) is 10.1. The van der Waals surface area contributed by atoms with Crippen molar-refractivity contribution in [3.05, 3.63) is 29.8 Å². The number of fused-ring (bicyclic) bond motifs is 1. The number of nitrogens with one attached hydrogen (secondary N) is 1. The number of rotatable bonds is 4. The third-order valence-electron chi connectivity index (χ3n) is 4.72. The molecule has 1 heterocycles. The molecule has 2 atom stereocenters. The van der Waals surface area contributed by atoms with E-state index in [9.17, 15) is 0 Å². The van der Waals surface area contributed by atoms with Gasteiger partial charge < -0.3 is 10.2 Å². The first-order valence-corrected chi connectivity index (χ1v) is 7.95. The van der Waals surface area contributed by atoms with Crippen LogP contribution in [0.4, 0.5) is 5.69 Å². The second-order valence-electron chi connectivity index (χ2n) is 7.21. The van der Waals surface area contributed by atoms with Crippen molar-refractivity contribution in [2.75, 3.05) is 18.5 Å². The van der Waals surface area contributed by atoms with Crippen molar-refractivity contribution in [1.29, 1.82) is 0 Å². The standard InChI is InChI=1S/C18H30N2/c1-14-10-11-15-8-6-7-9-16(15)20(14)13-12-17(19-5)18(2,3)4/h6-9,14,17,19H,10-13H2,1-5H3. The maximum Gasteiger partial charge on any atom is 0.0401 e. The summed E-state index contributed by atoms with van der Waals surface area (Å²) in [5, 5.41) is 3.49. The number of hydrogen-bond donors (Lipinski definition) is 1. The van der Waals surface area contributed by atoms with Crippen LogP contribution < -0.4 is 10.2 Å². The normalized spacial score (nSPS) is 20.6. The van der Waals surface area contributed by atoms with Crippen LogP contribution in [0.1, 0.15) is 46.1 Å². The van der Waals surface area contributed by atoms with E-state index in [1.54, 1.807) is 0 Å². The van der Waals surface area contributed by atoms with Crippen LogP contribution in [0.5, 0.6) is 0 Å². The van der Waals surface area contributed by atoms with Gasteiger partial charge in [0.15, 0.2) is 0 Å². The fourth-order valence-electron chi connectivity index (χ4n) is 3.38. The van der Waals surface area contributed by atoms with Gasteiger partial charge in [-0.3, -0.25) is 0 Å². The number of para-hydroxylation sites is 1. The minimum absolute atomic E-state index is 0.313. The Balaban J connectivity index is 2.09. The van der Waals surface area contributed by atoms with E-state index in [0.29, 0.717) is 17.5 Å². The average molecular weight is 274 g/mol. The molecule has 2 heteroatoms. The van der Waals surface area contributed by atoms with Gasteiger partial charge in [0.25, 0.3) is 0 Å². The SMILES string of the molecule is CNC(CCN1c2ccccc2CCC1C)C(C)(C)C. The van der Waals surface area contributed by atoms with Crippen LogP contribution in [0.15, 0.2) is 24.3 Å². The molecule has 0 spiro atoms. The van der Waals surface area contributed by atoms with E-state index in [2.05, 4.69) is 69.2 Å². The zero-order valence-electron chi connectivity index (χ0n) is 13.7. The van der Waals surface area contributed by atoms with E-state index in [-0.39, 0.29) is 0 Å². The highest BCUT2D eigenvalue weighted by Gasteiger charge is 2.26. The third-order valence-corrected chi connectivity index (χ3v) is 4.72. The molecule has 20 heavy (non-hydrogen) atoms. The molecule has 1 aromatic rings. The summed E-state index contributed by atoms with van der Waals surface area (Å²) < 4.78 is 0. The zero-order valence-corrected chi connectivity index (χ0v) is 13.7. The van der Waals surface area contributed by atoms with Crippen molar-refractivity contribution in [2.45, 2.75) is 59.0 Å². The number of aryl methyl sites for hydroxylation is 1. The summed E-state index contributed by atoms with van der Waals surface area (Å²) in [7, 11) is 2.09. The van der Waals surface area contributed by atoms with Crippen LogP contribution >= 0.6 is 0 Å². The fourth-order valence-corrected chi connectivity index (χ4v) is 3.38. The molecule has 1 aromatic carbocycles. The number of anilines is 1. The summed E-state index contributed by atoms with van der Waals surface area (Å²) in [6.07, 6.45) is 3.69. The van der Waals surface area contributed by atoms with E-state index in [0.717, 1.165) is 6.54 Å². The minimum atomic E-state index is 0.313. The fraction of sp³-hybridized carbons (Fsp3) is 0.667. The van der Waals surface area contributed by atoms with Crippen LogP contribution in [0.2, 0.25) is 0 Å². The van der Waals surface area contributed by atoms with Gasteiger partial charge in [-0.05, 0) is 50.3 Å². The molecule has 0 fully saturated rings. The van der Waals surface area contributed by atoms with E-state index < -0.39 is 0 Å². The van der Waals surface area contributed by atoms with Gasteiger partial charge in [-0.15, -0.1) is 0 Å². The first kappa shape index (κ1) is 15.4. The predicted octanol–water partition coefficient (Wildman–Crippen LogP) is 3.85. The quantitative estimate of drug-likeness (QED) is 0.897. The Morgan fingerprint density at radius 1 is 1.30 bits per heavy atom. The molecule has 0 aliphatic carbocycles. The Morgan fingerprint density at radius 2 is 2.00 bits per heavy atom. The Bertz CT molecular complexity index is 433. The summed E-state index contributed by atoms with van der Waals surface area (Å²) in [4.78, 5) is 2.61. The van der Waals surface area contributed by atoms with Crippen LogP contribution in [0.3, 0.4) is 0 Å². The summed E-state index contributed by atoms with van der Waals surface area (Å²) in [6.45, 7) is 10.5. The topological polar surface area (TPSA) is 15.3 Å². The van der Waals surface area contributed by atoms with Gasteiger partial charge in [0, 0.05) is 24.3 Å². The van der Waals surface area contributed by atoms with E-state index in [1.807, 2.05) is 0 Å². The van der Waals surface area contributed by atoms with Crippen LogP contribution in [-0.4, -0.2) is 25.7 Å². The minimum Gasteiger partial charge on any atom is -0.369 e. The Kier molecular flexibility index (Phi) is 4.74. The molecule has 0 saturated carbocycles. The highest BCUT2D eigenvalue weighted by Crippen LogP contribution is 2.31. The zero-order chi connectivity index (χ0) is 14.8. The largest absolute Gasteiger partial charge is 0.369 e. The van der Waals surface area contributed by atoms with Crippen molar-refractivity contribution in [1.82, 2.24) is 5.32 Å². The first-order valence-electron chi connectivity index (χ1n) is 7.95. The lowest BCUT2D eigenvalue weighted by Gasteiger charge is -2.39. The van der Waals surface area contributed by atoms with Gasteiger partial charge in [0.2, 0.25) is 0 Å². The van der Waals surface area contributed by atoms with Crippen molar-refractivity contribution in [3.63, 3.8) is 0 Å². The molecule has 2 rings (SSSR count). The predicted molar refractivity (Wildman–Crippen MR) is 88.5 cm³/mol. The molecular weight excluding hydrogens is 244 g/mol. The second-order valence-corrected chi connectivity index (χ2v) is 7.21. The van der Waals surface area contributed by atoms with Crippen LogP contribution in [0.25, 0.3) is 0 Å². The molecule has 0 radical (unpaired) electrons. The molecule has 2 unspecified atom stereocenters. The van der Waals surface area contributed by atoms with Gasteiger partial charge in [0.1, 0.15) is 0 Å². The molecule has 112 valence electrons. The van der Waals surface area contributed by atoms with Crippen LogP contribution in [-0.2, 0) is 6.42 Å². The third kappa shape index (κ3) is 3.35. The Morgan fingerprint density at radius 3 is 2.65 bits per heavy atom. The van der Waals surface area contributed by atoms with Crippen molar-refractivity contribution >= 4 is 5.69 Å². The average Bonchev–Trinajstić information content (AvgIpc) is 2.40. The lowest BCUT2D eigenvalue weighted by atomic mass is 9.84. The van der Waals surface area contributed by atoms with Gasteiger partial charge in [-0.2, -0.15) is 0 Å². The maximum atomic E-state index is 3.49. The number of hydrogen-bond acceptors (Lipinski definition) is 2. The van der Waals surface area contributed by atoms with Gasteiger partial charge in [-0.1, -0.05) is 39.0 Å². The number of nitrogens with zero attached hydrogens (tertiary/aromatic N) is 1. The van der Waals surface area contributed by atoms with Crippen molar-refractivity contribution in [2.24, 2.45) is 5.41 Å². The second kappa shape index (κ2) is 6.17. The van der Waals surface area contributed by atoms with E-state index in [4.69, 9.17) is 0 Å². The molecule has 0 saturated heterocycles. The highest BCUT2D eigenvalue weighted by molar-refractivity contribution is 5.56. The monoisotopic (exact) mass is 274 g/mol.